The van der Waals surface area contributed by atoms with Gasteiger partial charge in [0.25, 0.3) is 5.91 Å². The molecule has 2 rings (SSSR count). The van der Waals surface area contributed by atoms with Crippen LogP contribution in [0.1, 0.15) is 37.9 Å². The highest BCUT2D eigenvalue weighted by Crippen LogP contribution is 2.27. The summed E-state index contributed by atoms with van der Waals surface area (Å²) in [6.07, 6.45) is 1.23. The minimum Gasteiger partial charge on any atom is -0.494 e. The van der Waals surface area contributed by atoms with E-state index in [1.54, 1.807) is 24.3 Å². The maximum absolute atomic E-state index is 12.8. The standard InChI is InChI=1S/C23H26N4O3/c1-5-30-22-11-6-15(2)12-21(22)16(3)26-23(29)18(13-24)14-27(17(4)28)20-9-7-19(25)8-10-20/h6-12,14,16H,5,25H2,1-4H3,(H,26,29)/b18-14-. The Morgan fingerprint density at radius 3 is 2.50 bits per heavy atom. The Labute approximate surface area is 176 Å². The van der Waals surface area contributed by atoms with Crippen LogP contribution in [0.2, 0.25) is 0 Å². The number of hydrogen-bond acceptors (Lipinski definition) is 5. The van der Waals surface area contributed by atoms with E-state index in [-0.39, 0.29) is 11.5 Å². The van der Waals surface area contributed by atoms with Crippen molar-refractivity contribution in [3.8, 4) is 11.8 Å². The van der Waals surface area contributed by atoms with Gasteiger partial charge in [0.1, 0.15) is 17.4 Å². The van der Waals surface area contributed by atoms with Gasteiger partial charge in [-0.2, -0.15) is 5.26 Å². The van der Waals surface area contributed by atoms with Gasteiger partial charge in [-0.05, 0) is 51.1 Å². The van der Waals surface area contributed by atoms with Gasteiger partial charge in [0.2, 0.25) is 5.91 Å². The Morgan fingerprint density at radius 1 is 1.27 bits per heavy atom. The number of rotatable bonds is 7. The average Bonchev–Trinajstić information content (AvgIpc) is 2.70. The molecule has 0 saturated heterocycles. The molecule has 0 aliphatic rings. The molecule has 0 heterocycles. The first-order chi connectivity index (χ1) is 14.3. The summed E-state index contributed by atoms with van der Waals surface area (Å²) in [7, 11) is 0. The van der Waals surface area contributed by atoms with Crippen LogP contribution in [0, 0.1) is 18.3 Å². The summed E-state index contributed by atoms with van der Waals surface area (Å²) in [6.45, 7) is 7.49. The molecule has 0 aliphatic carbocycles. The summed E-state index contributed by atoms with van der Waals surface area (Å²) in [5.74, 6) is -0.257. The zero-order valence-corrected chi connectivity index (χ0v) is 17.6. The summed E-state index contributed by atoms with van der Waals surface area (Å²) < 4.78 is 5.65. The van der Waals surface area contributed by atoms with Crippen molar-refractivity contribution < 1.29 is 14.3 Å². The number of carbonyl (C=O) groups is 2. The van der Waals surface area contributed by atoms with Crippen LogP contribution in [0.5, 0.6) is 5.75 Å². The molecule has 1 unspecified atom stereocenters. The SMILES string of the molecule is CCOc1ccc(C)cc1C(C)NC(=O)/C(C#N)=C\N(C(C)=O)c1ccc(N)cc1. The molecule has 0 aromatic heterocycles. The van der Waals surface area contributed by atoms with Gasteiger partial charge in [-0.1, -0.05) is 17.7 Å². The van der Waals surface area contributed by atoms with E-state index in [9.17, 15) is 14.9 Å². The minimum absolute atomic E-state index is 0.195. The number of nitriles is 1. The van der Waals surface area contributed by atoms with Crippen molar-refractivity contribution in [3.63, 3.8) is 0 Å². The van der Waals surface area contributed by atoms with Gasteiger partial charge in [0.05, 0.1) is 12.6 Å². The lowest BCUT2D eigenvalue weighted by Gasteiger charge is -2.20. The van der Waals surface area contributed by atoms with E-state index >= 15 is 0 Å². The van der Waals surface area contributed by atoms with Gasteiger partial charge < -0.3 is 15.8 Å². The summed E-state index contributed by atoms with van der Waals surface area (Å²) in [6, 6.07) is 13.8. The molecule has 7 nitrogen and oxygen atoms in total. The molecule has 2 aromatic carbocycles. The predicted molar refractivity (Wildman–Crippen MR) is 117 cm³/mol. The van der Waals surface area contributed by atoms with Gasteiger partial charge in [0.15, 0.2) is 0 Å². The number of benzene rings is 2. The van der Waals surface area contributed by atoms with Crippen LogP contribution < -0.4 is 20.7 Å². The summed E-state index contributed by atoms with van der Waals surface area (Å²) in [5.41, 5.74) is 8.37. The topological polar surface area (TPSA) is 108 Å². The number of ether oxygens (including phenoxy) is 1. The second-order valence-electron chi connectivity index (χ2n) is 6.80. The van der Waals surface area contributed by atoms with E-state index in [0.717, 1.165) is 11.1 Å². The predicted octanol–water partition coefficient (Wildman–Crippen LogP) is 3.61. The third-order valence-electron chi connectivity index (χ3n) is 4.41. The van der Waals surface area contributed by atoms with Crippen LogP contribution in [-0.4, -0.2) is 18.4 Å². The van der Waals surface area contributed by atoms with E-state index in [4.69, 9.17) is 10.5 Å². The number of nitrogen functional groups attached to an aromatic ring is 1. The number of nitrogens with zero attached hydrogens (tertiary/aromatic N) is 2. The first-order valence-corrected chi connectivity index (χ1v) is 9.58. The third kappa shape index (κ3) is 5.61. The van der Waals surface area contributed by atoms with Crippen molar-refractivity contribution in [3.05, 3.63) is 65.4 Å². The number of amides is 2. The van der Waals surface area contributed by atoms with Gasteiger partial charge >= 0.3 is 0 Å². The zero-order chi connectivity index (χ0) is 22.3. The Bertz CT molecular complexity index is 990. The van der Waals surface area contributed by atoms with Crippen molar-refractivity contribution in [1.82, 2.24) is 5.32 Å². The number of anilines is 2. The molecule has 3 N–H and O–H groups in total. The van der Waals surface area contributed by atoms with Crippen molar-refractivity contribution in [2.75, 3.05) is 17.2 Å². The molecule has 0 aliphatic heterocycles. The first kappa shape index (κ1) is 22.5. The molecule has 7 heteroatoms. The van der Waals surface area contributed by atoms with Gasteiger partial charge in [0, 0.05) is 30.1 Å². The highest BCUT2D eigenvalue weighted by Gasteiger charge is 2.19. The summed E-state index contributed by atoms with van der Waals surface area (Å²) >= 11 is 0. The zero-order valence-electron chi connectivity index (χ0n) is 17.6. The largest absolute Gasteiger partial charge is 0.494 e. The normalized spacial score (nSPS) is 11.9. The smallest absolute Gasteiger partial charge is 0.263 e. The molecular formula is C23H26N4O3. The monoisotopic (exact) mass is 406 g/mol. The van der Waals surface area contributed by atoms with Crippen molar-refractivity contribution >= 4 is 23.2 Å². The van der Waals surface area contributed by atoms with Crippen molar-refractivity contribution in [2.24, 2.45) is 0 Å². The second kappa shape index (κ2) is 10.1. The lowest BCUT2D eigenvalue weighted by Crippen LogP contribution is -2.30. The highest BCUT2D eigenvalue weighted by atomic mass is 16.5. The number of nitrogens with two attached hydrogens (primary N) is 1. The third-order valence-corrected chi connectivity index (χ3v) is 4.41. The molecular weight excluding hydrogens is 380 g/mol. The molecule has 2 amide bonds. The lowest BCUT2D eigenvalue weighted by molar-refractivity contribution is -0.117. The van der Waals surface area contributed by atoms with Gasteiger partial charge in [-0.25, -0.2) is 0 Å². The lowest BCUT2D eigenvalue weighted by atomic mass is 10.0. The van der Waals surface area contributed by atoms with E-state index in [1.807, 2.05) is 45.0 Å². The molecule has 0 radical (unpaired) electrons. The van der Waals surface area contributed by atoms with E-state index in [1.165, 1.54) is 18.0 Å². The first-order valence-electron chi connectivity index (χ1n) is 9.58. The summed E-state index contributed by atoms with van der Waals surface area (Å²) in [4.78, 5) is 26.1. The Hall–Kier alpha value is -3.79. The molecule has 1 atom stereocenters. The number of carbonyl (C=O) groups excluding carboxylic acids is 2. The quantitative estimate of drug-likeness (QED) is 0.415. The Kier molecular flexibility index (Phi) is 7.59. The van der Waals surface area contributed by atoms with Crippen LogP contribution in [-0.2, 0) is 9.59 Å². The Morgan fingerprint density at radius 2 is 1.93 bits per heavy atom. The van der Waals surface area contributed by atoms with Gasteiger partial charge in [-0.15, -0.1) is 0 Å². The fourth-order valence-electron chi connectivity index (χ4n) is 2.89. The number of hydrogen-bond donors (Lipinski definition) is 2. The maximum atomic E-state index is 12.8. The molecule has 30 heavy (non-hydrogen) atoms. The fourth-order valence-corrected chi connectivity index (χ4v) is 2.89. The van der Waals surface area contributed by atoms with Crippen LogP contribution in [0.3, 0.4) is 0 Å². The van der Waals surface area contributed by atoms with Crippen LogP contribution in [0.15, 0.2) is 54.2 Å². The van der Waals surface area contributed by atoms with E-state index in [2.05, 4.69) is 5.32 Å². The second-order valence-corrected chi connectivity index (χ2v) is 6.80. The number of nitrogens with one attached hydrogen (secondary N) is 1. The molecule has 156 valence electrons. The summed E-state index contributed by atoms with van der Waals surface area (Å²) in [5, 5.41) is 12.3. The fraction of sp³-hybridized carbons (Fsp3) is 0.261. The average molecular weight is 406 g/mol. The van der Waals surface area contributed by atoms with E-state index in [0.29, 0.717) is 23.7 Å². The molecule has 0 fully saturated rings. The molecule has 2 aromatic rings. The van der Waals surface area contributed by atoms with Gasteiger partial charge in [-0.3, -0.25) is 14.5 Å². The minimum atomic E-state index is -0.587. The molecule has 0 spiro atoms. The van der Waals surface area contributed by atoms with Crippen LogP contribution in [0.25, 0.3) is 0 Å². The van der Waals surface area contributed by atoms with Crippen molar-refractivity contribution in [1.29, 1.82) is 5.26 Å². The Balaban J connectivity index is 2.29. The highest BCUT2D eigenvalue weighted by molar-refractivity contribution is 6.01. The van der Waals surface area contributed by atoms with Crippen LogP contribution in [0.4, 0.5) is 11.4 Å². The molecule has 0 saturated carbocycles. The number of aryl methyl sites for hydroxylation is 1. The van der Waals surface area contributed by atoms with Crippen LogP contribution >= 0.6 is 0 Å². The maximum Gasteiger partial charge on any atom is 0.263 e. The van der Waals surface area contributed by atoms with Crippen molar-refractivity contribution in [2.45, 2.75) is 33.7 Å². The van der Waals surface area contributed by atoms with E-state index < -0.39 is 11.9 Å². The molecule has 0 bridgehead atoms.